The van der Waals surface area contributed by atoms with Gasteiger partial charge in [0.05, 0.1) is 11.6 Å². The molecular formula is C19H23N5O2S. The minimum absolute atomic E-state index is 0.251. The largest absolute Gasteiger partial charge is 0.481 e. The molecule has 0 amide bonds. The van der Waals surface area contributed by atoms with Crippen molar-refractivity contribution < 1.29 is 9.90 Å². The third kappa shape index (κ3) is 4.16. The third-order valence-corrected chi connectivity index (χ3v) is 6.11. The second kappa shape index (κ2) is 8.12. The van der Waals surface area contributed by atoms with Crippen molar-refractivity contribution in [3.63, 3.8) is 0 Å². The molecule has 4 rings (SSSR count). The SMILES string of the molecule is O=C(O)C1CCN(c2nc3c(c(NCc4cccnc4)n2)CSCC3)CC1. The summed E-state index contributed by atoms with van der Waals surface area (Å²) in [4.78, 5) is 27.1. The minimum Gasteiger partial charge on any atom is -0.481 e. The molecule has 0 aliphatic carbocycles. The predicted octanol–water partition coefficient (Wildman–Crippen LogP) is 2.57. The van der Waals surface area contributed by atoms with Gasteiger partial charge in [0.15, 0.2) is 0 Å². The van der Waals surface area contributed by atoms with Gasteiger partial charge in [-0.15, -0.1) is 0 Å². The monoisotopic (exact) mass is 385 g/mol. The number of pyridine rings is 1. The van der Waals surface area contributed by atoms with Crippen LogP contribution in [0.5, 0.6) is 0 Å². The van der Waals surface area contributed by atoms with E-state index in [1.54, 1.807) is 6.20 Å². The van der Waals surface area contributed by atoms with Crippen LogP contribution in [-0.2, 0) is 23.5 Å². The molecule has 0 atom stereocenters. The fourth-order valence-electron chi connectivity index (χ4n) is 3.52. The molecule has 2 aliphatic heterocycles. The van der Waals surface area contributed by atoms with Gasteiger partial charge in [0.1, 0.15) is 5.82 Å². The van der Waals surface area contributed by atoms with Crippen LogP contribution in [0.25, 0.3) is 0 Å². The van der Waals surface area contributed by atoms with E-state index in [4.69, 9.17) is 9.97 Å². The van der Waals surface area contributed by atoms with Crippen LogP contribution in [0.15, 0.2) is 24.5 Å². The number of carbonyl (C=O) groups is 1. The molecule has 0 aromatic carbocycles. The van der Waals surface area contributed by atoms with E-state index in [9.17, 15) is 9.90 Å². The first kappa shape index (κ1) is 18.0. The second-order valence-corrected chi connectivity index (χ2v) is 8.02. The summed E-state index contributed by atoms with van der Waals surface area (Å²) < 4.78 is 0. The lowest BCUT2D eigenvalue weighted by atomic mass is 9.97. The molecular weight excluding hydrogens is 362 g/mol. The maximum Gasteiger partial charge on any atom is 0.306 e. The number of hydrogen-bond donors (Lipinski definition) is 2. The van der Waals surface area contributed by atoms with Crippen molar-refractivity contribution in [1.82, 2.24) is 15.0 Å². The van der Waals surface area contributed by atoms with Gasteiger partial charge in [0.2, 0.25) is 5.95 Å². The Balaban J connectivity index is 1.55. The van der Waals surface area contributed by atoms with Gasteiger partial charge in [0, 0.05) is 43.3 Å². The smallest absolute Gasteiger partial charge is 0.306 e. The van der Waals surface area contributed by atoms with E-state index in [0.717, 1.165) is 41.0 Å². The molecule has 0 radical (unpaired) electrons. The van der Waals surface area contributed by atoms with E-state index in [1.165, 1.54) is 5.56 Å². The highest BCUT2D eigenvalue weighted by Gasteiger charge is 2.27. The van der Waals surface area contributed by atoms with Crippen molar-refractivity contribution in [2.45, 2.75) is 31.6 Å². The Hall–Kier alpha value is -2.35. The average Bonchev–Trinajstić information content (AvgIpc) is 2.72. The van der Waals surface area contributed by atoms with Gasteiger partial charge < -0.3 is 15.3 Å². The molecule has 7 nitrogen and oxygen atoms in total. The van der Waals surface area contributed by atoms with Gasteiger partial charge in [-0.25, -0.2) is 4.98 Å². The Labute approximate surface area is 162 Å². The molecule has 2 aliphatic rings. The van der Waals surface area contributed by atoms with Crippen molar-refractivity contribution in [3.05, 3.63) is 41.3 Å². The Morgan fingerprint density at radius 1 is 1.33 bits per heavy atom. The number of carboxylic acids is 1. The van der Waals surface area contributed by atoms with Crippen LogP contribution in [0.3, 0.4) is 0 Å². The van der Waals surface area contributed by atoms with E-state index < -0.39 is 5.97 Å². The number of hydrogen-bond acceptors (Lipinski definition) is 7. The van der Waals surface area contributed by atoms with E-state index in [0.29, 0.717) is 32.5 Å². The molecule has 8 heteroatoms. The topological polar surface area (TPSA) is 91.2 Å². The summed E-state index contributed by atoms with van der Waals surface area (Å²) in [6.07, 6.45) is 5.86. The highest BCUT2D eigenvalue weighted by atomic mass is 32.2. The van der Waals surface area contributed by atoms with Crippen LogP contribution in [0.1, 0.15) is 29.7 Å². The maximum absolute atomic E-state index is 11.2. The number of aliphatic carboxylic acids is 1. The lowest BCUT2D eigenvalue weighted by Crippen LogP contribution is -2.37. The quantitative estimate of drug-likeness (QED) is 0.811. The molecule has 1 saturated heterocycles. The van der Waals surface area contributed by atoms with Gasteiger partial charge in [-0.2, -0.15) is 16.7 Å². The lowest BCUT2D eigenvalue weighted by Gasteiger charge is -2.31. The van der Waals surface area contributed by atoms with Crippen molar-refractivity contribution in [2.24, 2.45) is 5.92 Å². The summed E-state index contributed by atoms with van der Waals surface area (Å²) in [7, 11) is 0. The van der Waals surface area contributed by atoms with Crippen LogP contribution < -0.4 is 10.2 Å². The first-order valence-corrected chi connectivity index (χ1v) is 10.4. The number of nitrogens with one attached hydrogen (secondary N) is 1. The number of aryl methyl sites for hydroxylation is 1. The molecule has 4 heterocycles. The number of thioether (sulfide) groups is 1. The Morgan fingerprint density at radius 2 is 2.19 bits per heavy atom. The van der Waals surface area contributed by atoms with Crippen LogP contribution in [-0.4, -0.2) is 44.9 Å². The summed E-state index contributed by atoms with van der Waals surface area (Å²) in [5, 5.41) is 12.7. The number of nitrogens with zero attached hydrogens (tertiary/aromatic N) is 4. The van der Waals surface area contributed by atoms with Crippen LogP contribution in [0, 0.1) is 5.92 Å². The fourth-order valence-corrected chi connectivity index (χ4v) is 4.51. The molecule has 2 aromatic rings. The van der Waals surface area contributed by atoms with Gasteiger partial charge in [-0.3, -0.25) is 9.78 Å². The summed E-state index contributed by atoms with van der Waals surface area (Å²) in [5.41, 5.74) is 3.42. The van der Waals surface area contributed by atoms with Crippen LogP contribution in [0.2, 0.25) is 0 Å². The first-order chi connectivity index (χ1) is 13.2. The first-order valence-electron chi connectivity index (χ1n) is 9.29. The summed E-state index contributed by atoms with van der Waals surface area (Å²) in [6, 6.07) is 3.97. The summed E-state index contributed by atoms with van der Waals surface area (Å²) in [6.45, 7) is 2.04. The van der Waals surface area contributed by atoms with E-state index in [2.05, 4.69) is 15.2 Å². The Morgan fingerprint density at radius 3 is 2.93 bits per heavy atom. The zero-order valence-corrected chi connectivity index (χ0v) is 15.9. The zero-order valence-electron chi connectivity index (χ0n) is 15.1. The third-order valence-electron chi connectivity index (χ3n) is 5.12. The zero-order chi connectivity index (χ0) is 18.6. The summed E-state index contributed by atoms with van der Waals surface area (Å²) >= 11 is 1.91. The molecule has 0 saturated carbocycles. The Bertz CT molecular complexity index is 809. The maximum atomic E-state index is 11.2. The number of anilines is 2. The molecule has 27 heavy (non-hydrogen) atoms. The van der Waals surface area contributed by atoms with Crippen molar-refractivity contribution in [3.8, 4) is 0 Å². The standard InChI is InChI=1S/C19H23N5O2S/c25-18(26)14-3-7-24(8-4-14)19-22-16-5-9-27-12-15(16)17(23-19)21-11-13-2-1-6-20-10-13/h1-2,6,10,14H,3-5,7-9,11-12H2,(H,25,26)(H,21,22,23). The Kier molecular flexibility index (Phi) is 5.42. The predicted molar refractivity (Wildman–Crippen MR) is 106 cm³/mol. The average molecular weight is 385 g/mol. The number of piperidine rings is 1. The fraction of sp³-hybridized carbons (Fsp3) is 0.474. The molecule has 2 N–H and O–H groups in total. The number of carboxylic acid groups (broad SMARTS) is 1. The number of rotatable bonds is 5. The van der Waals surface area contributed by atoms with Gasteiger partial charge >= 0.3 is 5.97 Å². The lowest BCUT2D eigenvalue weighted by molar-refractivity contribution is -0.142. The van der Waals surface area contributed by atoms with E-state index in [-0.39, 0.29) is 5.92 Å². The summed E-state index contributed by atoms with van der Waals surface area (Å²) in [5.74, 6) is 2.67. The highest BCUT2D eigenvalue weighted by molar-refractivity contribution is 7.98. The molecule has 0 unspecified atom stereocenters. The van der Waals surface area contributed by atoms with E-state index >= 15 is 0 Å². The van der Waals surface area contributed by atoms with Crippen LogP contribution in [0.4, 0.5) is 11.8 Å². The number of aromatic nitrogens is 3. The highest BCUT2D eigenvalue weighted by Crippen LogP contribution is 2.31. The normalized spacial score (nSPS) is 17.4. The molecule has 0 bridgehead atoms. The minimum atomic E-state index is -0.697. The molecule has 2 aromatic heterocycles. The van der Waals surface area contributed by atoms with Crippen molar-refractivity contribution in [1.29, 1.82) is 0 Å². The molecule has 0 spiro atoms. The van der Waals surface area contributed by atoms with Gasteiger partial charge in [-0.1, -0.05) is 6.07 Å². The van der Waals surface area contributed by atoms with Crippen LogP contribution >= 0.6 is 11.8 Å². The molecule has 142 valence electrons. The van der Waals surface area contributed by atoms with Gasteiger partial charge in [0.25, 0.3) is 0 Å². The second-order valence-electron chi connectivity index (χ2n) is 6.91. The number of fused-ring (bicyclic) bond motifs is 1. The van der Waals surface area contributed by atoms with Crippen molar-refractivity contribution in [2.75, 3.05) is 29.1 Å². The van der Waals surface area contributed by atoms with E-state index in [1.807, 2.05) is 30.1 Å². The molecule has 1 fully saturated rings. The van der Waals surface area contributed by atoms with Crippen molar-refractivity contribution >= 4 is 29.5 Å². The van der Waals surface area contributed by atoms with Gasteiger partial charge in [-0.05, 0) is 36.6 Å².